The molecule has 1 aliphatic carbocycles. The number of hydrogen-bond acceptors (Lipinski definition) is 2. The second-order valence-corrected chi connectivity index (χ2v) is 6.25. The van der Waals surface area contributed by atoms with Crippen LogP contribution in [0.15, 0.2) is 0 Å². The average Bonchev–Trinajstić information content (AvgIpc) is 2.34. The monoisotopic (exact) mass is 239 g/mol. The van der Waals surface area contributed by atoms with Gasteiger partial charge in [0.05, 0.1) is 6.10 Å². The van der Waals surface area contributed by atoms with Crippen molar-refractivity contribution in [3.63, 3.8) is 0 Å². The van der Waals surface area contributed by atoms with Gasteiger partial charge in [0, 0.05) is 18.7 Å². The first-order valence-corrected chi connectivity index (χ1v) is 7.56. The molecule has 17 heavy (non-hydrogen) atoms. The fourth-order valence-electron chi connectivity index (χ4n) is 3.35. The zero-order valence-corrected chi connectivity index (χ0v) is 11.7. The Morgan fingerprint density at radius 1 is 1.00 bits per heavy atom. The Labute approximate surface area is 107 Å². The van der Waals surface area contributed by atoms with E-state index in [2.05, 4.69) is 26.1 Å². The zero-order valence-electron chi connectivity index (χ0n) is 11.7. The van der Waals surface area contributed by atoms with E-state index in [1.807, 2.05) is 0 Å². The molecule has 1 aliphatic heterocycles. The molecule has 1 N–H and O–H groups in total. The molecule has 1 heterocycles. The highest BCUT2D eigenvalue weighted by atomic mass is 16.5. The van der Waals surface area contributed by atoms with Crippen LogP contribution in [0.3, 0.4) is 0 Å². The summed E-state index contributed by atoms with van der Waals surface area (Å²) in [7, 11) is 0. The van der Waals surface area contributed by atoms with Gasteiger partial charge < -0.3 is 10.1 Å². The molecule has 0 radical (unpaired) electrons. The molecule has 0 aromatic rings. The van der Waals surface area contributed by atoms with Gasteiger partial charge in [-0.15, -0.1) is 0 Å². The third kappa shape index (κ3) is 3.69. The van der Waals surface area contributed by atoms with E-state index in [9.17, 15) is 0 Å². The van der Waals surface area contributed by atoms with Crippen molar-refractivity contribution in [3.8, 4) is 0 Å². The zero-order chi connectivity index (χ0) is 12.3. The van der Waals surface area contributed by atoms with Crippen molar-refractivity contribution in [2.45, 2.75) is 77.5 Å². The maximum atomic E-state index is 5.74. The Hall–Kier alpha value is -0.0800. The molecule has 5 atom stereocenters. The normalized spacial score (nSPS) is 43.6. The van der Waals surface area contributed by atoms with Crippen LogP contribution in [0.25, 0.3) is 0 Å². The fraction of sp³-hybridized carbons (Fsp3) is 1.00. The summed E-state index contributed by atoms with van der Waals surface area (Å²) < 4.78 is 5.74. The molecule has 2 heteroatoms. The van der Waals surface area contributed by atoms with Crippen LogP contribution < -0.4 is 5.32 Å². The molecule has 0 spiro atoms. The molecular weight excluding hydrogens is 210 g/mol. The minimum atomic E-state index is 0.501. The minimum Gasteiger partial charge on any atom is -0.378 e. The highest BCUT2D eigenvalue weighted by molar-refractivity contribution is 4.85. The first kappa shape index (κ1) is 13.4. The van der Waals surface area contributed by atoms with E-state index < -0.39 is 0 Å². The van der Waals surface area contributed by atoms with Gasteiger partial charge in [0.15, 0.2) is 0 Å². The quantitative estimate of drug-likeness (QED) is 0.815. The molecule has 0 amide bonds. The Bertz CT molecular complexity index is 227. The van der Waals surface area contributed by atoms with Gasteiger partial charge in [0.2, 0.25) is 0 Å². The molecule has 0 aromatic heterocycles. The van der Waals surface area contributed by atoms with Crippen LogP contribution in [0.2, 0.25) is 0 Å². The third-order valence-electron chi connectivity index (χ3n) is 4.89. The summed E-state index contributed by atoms with van der Waals surface area (Å²) in [5.74, 6) is 1.81. The predicted octanol–water partition coefficient (Wildman–Crippen LogP) is 3.36. The van der Waals surface area contributed by atoms with Gasteiger partial charge in [0.25, 0.3) is 0 Å². The van der Waals surface area contributed by atoms with Crippen molar-refractivity contribution < 1.29 is 4.74 Å². The van der Waals surface area contributed by atoms with Crippen LogP contribution in [0.4, 0.5) is 0 Å². The maximum Gasteiger partial charge on any atom is 0.0587 e. The second kappa shape index (κ2) is 6.19. The van der Waals surface area contributed by atoms with Crippen molar-refractivity contribution in [1.29, 1.82) is 0 Å². The van der Waals surface area contributed by atoms with E-state index in [4.69, 9.17) is 4.74 Å². The summed E-state index contributed by atoms with van der Waals surface area (Å²) in [4.78, 5) is 0. The van der Waals surface area contributed by atoms with Gasteiger partial charge in [-0.2, -0.15) is 0 Å². The smallest absolute Gasteiger partial charge is 0.0587 e. The van der Waals surface area contributed by atoms with Crippen molar-refractivity contribution in [3.05, 3.63) is 0 Å². The van der Waals surface area contributed by atoms with E-state index >= 15 is 0 Å². The molecule has 2 rings (SSSR count). The summed E-state index contributed by atoms with van der Waals surface area (Å²) in [5.41, 5.74) is 0. The number of ether oxygens (including phenoxy) is 1. The van der Waals surface area contributed by atoms with Gasteiger partial charge in [-0.1, -0.05) is 20.8 Å². The van der Waals surface area contributed by atoms with Crippen LogP contribution >= 0.6 is 0 Å². The molecule has 0 bridgehead atoms. The van der Waals surface area contributed by atoms with E-state index in [1.54, 1.807) is 0 Å². The molecule has 5 unspecified atom stereocenters. The van der Waals surface area contributed by atoms with E-state index in [1.165, 1.54) is 32.1 Å². The van der Waals surface area contributed by atoms with E-state index in [0.717, 1.165) is 30.9 Å². The summed E-state index contributed by atoms with van der Waals surface area (Å²) in [6.45, 7) is 8.01. The van der Waals surface area contributed by atoms with Crippen LogP contribution in [0.1, 0.15) is 59.3 Å². The van der Waals surface area contributed by atoms with Gasteiger partial charge in [-0.05, 0) is 50.4 Å². The summed E-state index contributed by atoms with van der Waals surface area (Å²) in [6.07, 6.45) is 8.24. The lowest BCUT2D eigenvalue weighted by Crippen LogP contribution is -2.46. The summed E-state index contributed by atoms with van der Waals surface area (Å²) in [5, 5.41) is 3.89. The van der Waals surface area contributed by atoms with E-state index in [-0.39, 0.29) is 0 Å². The van der Waals surface area contributed by atoms with Crippen molar-refractivity contribution in [2.75, 3.05) is 6.61 Å². The van der Waals surface area contributed by atoms with Crippen molar-refractivity contribution >= 4 is 0 Å². The first-order chi connectivity index (χ1) is 8.19. The van der Waals surface area contributed by atoms with Gasteiger partial charge in [-0.3, -0.25) is 0 Å². The lowest BCUT2D eigenvalue weighted by Gasteiger charge is -2.37. The van der Waals surface area contributed by atoms with Crippen LogP contribution in [-0.4, -0.2) is 24.8 Å². The van der Waals surface area contributed by atoms with Crippen molar-refractivity contribution in [1.82, 2.24) is 5.32 Å². The molecule has 2 aliphatic rings. The minimum absolute atomic E-state index is 0.501. The number of hydrogen-bond donors (Lipinski definition) is 1. The average molecular weight is 239 g/mol. The highest BCUT2D eigenvalue weighted by Crippen LogP contribution is 2.30. The molecular formula is C15H29NO. The maximum absolute atomic E-state index is 5.74. The van der Waals surface area contributed by atoms with Gasteiger partial charge in [-0.25, -0.2) is 0 Å². The second-order valence-electron chi connectivity index (χ2n) is 6.25. The van der Waals surface area contributed by atoms with Crippen LogP contribution in [-0.2, 0) is 4.74 Å². The lowest BCUT2D eigenvalue weighted by molar-refractivity contribution is -0.00370. The number of rotatable bonds is 3. The summed E-state index contributed by atoms with van der Waals surface area (Å²) >= 11 is 0. The van der Waals surface area contributed by atoms with Crippen molar-refractivity contribution in [2.24, 2.45) is 11.8 Å². The molecule has 2 fully saturated rings. The first-order valence-electron chi connectivity index (χ1n) is 7.56. The Morgan fingerprint density at radius 3 is 2.47 bits per heavy atom. The number of nitrogens with one attached hydrogen (secondary N) is 1. The highest BCUT2D eigenvalue weighted by Gasteiger charge is 2.28. The van der Waals surface area contributed by atoms with E-state index in [0.29, 0.717) is 12.1 Å². The summed E-state index contributed by atoms with van der Waals surface area (Å²) in [6, 6.07) is 1.47. The standard InChI is InChI=1S/C15H29NO/c1-4-15-10-14(7-8-17-15)16-13-6-5-11(2)12(3)9-13/h11-16H,4-10H2,1-3H3. The largest absolute Gasteiger partial charge is 0.378 e. The molecule has 1 saturated carbocycles. The van der Waals surface area contributed by atoms with Gasteiger partial charge >= 0.3 is 0 Å². The topological polar surface area (TPSA) is 21.3 Å². The predicted molar refractivity (Wildman–Crippen MR) is 72.2 cm³/mol. The Morgan fingerprint density at radius 2 is 1.76 bits per heavy atom. The Balaban J connectivity index is 1.76. The lowest BCUT2D eigenvalue weighted by atomic mass is 9.78. The van der Waals surface area contributed by atoms with Crippen LogP contribution in [0.5, 0.6) is 0 Å². The van der Waals surface area contributed by atoms with Crippen LogP contribution in [0, 0.1) is 11.8 Å². The third-order valence-corrected chi connectivity index (χ3v) is 4.89. The molecule has 100 valence electrons. The SMILES string of the molecule is CCC1CC(NC2CCC(C)C(C)C2)CCO1. The molecule has 2 nitrogen and oxygen atoms in total. The van der Waals surface area contributed by atoms with Gasteiger partial charge in [0.1, 0.15) is 0 Å². The molecule has 1 saturated heterocycles. The fourth-order valence-corrected chi connectivity index (χ4v) is 3.35. The Kier molecular flexibility index (Phi) is 4.87. The molecule has 0 aromatic carbocycles.